The lowest BCUT2D eigenvalue weighted by molar-refractivity contribution is -0.118. The molecule has 0 aliphatic carbocycles. The van der Waals surface area contributed by atoms with Gasteiger partial charge in [-0.25, -0.2) is 4.98 Å². The molecule has 7 heteroatoms. The summed E-state index contributed by atoms with van der Waals surface area (Å²) in [4.78, 5) is 28.6. The standard InChI is InChI=1S/C24H26N2O4S/c1-3-4-5-17-6-8-18(9-7-17)12-20-14-25-24(31-20)26-23(28)16-30-22-13-19(15-27)10-11-21(22)29-2/h6-11,13-15H,3-5,12,16H2,1-2H3,(H,25,26,28). The molecule has 0 spiro atoms. The van der Waals surface area contributed by atoms with Crippen molar-refractivity contribution in [1.29, 1.82) is 0 Å². The predicted octanol–water partition coefficient (Wildman–Crippen LogP) is 4.92. The topological polar surface area (TPSA) is 77.5 Å². The van der Waals surface area contributed by atoms with E-state index in [4.69, 9.17) is 9.47 Å². The van der Waals surface area contributed by atoms with Crippen molar-refractivity contribution < 1.29 is 19.1 Å². The summed E-state index contributed by atoms with van der Waals surface area (Å²) in [6, 6.07) is 13.4. The van der Waals surface area contributed by atoms with Crippen molar-refractivity contribution in [2.24, 2.45) is 0 Å². The Labute approximate surface area is 186 Å². The molecule has 6 nitrogen and oxygen atoms in total. The fourth-order valence-electron chi connectivity index (χ4n) is 3.03. The number of benzene rings is 2. The van der Waals surface area contributed by atoms with E-state index in [0.29, 0.717) is 28.5 Å². The van der Waals surface area contributed by atoms with E-state index in [2.05, 4.69) is 41.5 Å². The van der Waals surface area contributed by atoms with Crippen molar-refractivity contribution in [1.82, 2.24) is 4.98 Å². The number of ether oxygens (including phenoxy) is 2. The number of thiazole rings is 1. The largest absolute Gasteiger partial charge is 0.493 e. The van der Waals surface area contributed by atoms with E-state index in [1.165, 1.54) is 48.5 Å². The second-order valence-electron chi connectivity index (χ2n) is 7.09. The fourth-order valence-corrected chi connectivity index (χ4v) is 3.89. The summed E-state index contributed by atoms with van der Waals surface area (Å²) >= 11 is 1.44. The van der Waals surface area contributed by atoms with Crippen LogP contribution in [-0.4, -0.2) is 30.9 Å². The molecular formula is C24H26N2O4S. The average Bonchev–Trinajstić information content (AvgIpc) is 3.23. The van der Waals surface area contributed by atoms with Gasteiger partial charge in [0.25, 0.3) is 5.91 Å². The Hall–Kier alpha value is -3.19. The zero-order valence-electron chi connectivity index (χ0n) is 17.7. The first kappa shape index (κ1) is 22.5. The molecule has 3 aromatic rings. The van der Waals surface area contributed by atoms with Gasteiger partial charge in [-0.2, -0.15) is 0 Å². The fraction of sp³-hybridized carbons (Fsp3) is 0.292. The lowest BCUT2D eigenvalue weighted by atomic mass is 10.0. The highest BCUT2D eigenvalue weighted by Crippen LogP contribution is 2.27. The number of hydrogen-bond donors (Lipinski definition) is 1. The molecule has 2 aromatic carbocycles. The second kappa shape index (κ2) is 11.3. The number of carbonyl (C=O) groups excluding carboxylic acids is 2. The van der Waals surface area contributed by atoms with Crippen LogP contribution in [0.3, 0.4) is 0 Å². The van der Waals surface area contributed by atoms with Crippen molar-refractivity contribution in [2.45, 2.75) is 32.6 Å². The van der Waals surface area contributed by atoms with E-state index in [-0.39, 0.29) is 12.5 Å². The molecule has 0 atom stereocenters. The zero-order chi connectivity index (χ0) is 22.1. The van der Waals surface area contributed by atoms with Gasteiger partial charge in [0.2, 0.25) is 0 Å². The molecule has 1 amide bonds. The van der Waals surface area contributed by atoms with Crippen LogP contribution in [0.1, 0.15) is 46.1 Å². The van der Waals surface area contributed by atoms with Crippen LogP contribution in [0.4, 0.5) is 5.13 Å². The van der Waals surface area contributed by atoms with Crippen LogP contribution in [0, 0.1) is 0 Å². The third-order valence-corrected chi connectivity index (χ3v) is 5.62. The van der Waals surface area contributed by atoms with Gasteiger partial charge in [-0.3, -0.25) is 14.9 Å². The number of carbonyl (C=O) groups is 2. The summed E-state index contributed by atoms with van der Waals surface area (Å²) in [5.74, 6) is 0.458. The van der Waals surface area contributed by atoms with Crippen LogP contribution < -0.4 is 14.8 Å². The molecule has 0 bridgehead atoms. The molecule has 3 rings (SSSR count). The van der Waals surface area contributed by atoms with Crippen molar-refractivity contribution >= 4 is 28.7 Å². The highest BCUT2D eigenvalue weighted by atomic mass is 32.1. The smallest absolute Gasteiger partial charge is 0.264 e. The summed E-state index contributed by atoms with van der Waals surface area (Å²) in [6.45, 7) is 1.98. The molecule has 0 radical (unpaired) electrons. The Morgan fingerprint density at radius 1 is 1.13 bits per heavy atom. The van der Waals surface area contributed by atoms with Crippen LogP contribution in [0.25, 0.3) is 0 Å². The van der Waals surface area contributed by atoms with Gasteiger partial charge in [-0.15, -0.1) is 11.3 Å². The van der Waals surface area contributed by atoms with Crippen molar-refractivity contribution in [2.75, 3.05) is 19.0 Å². The van der Waals surface area contributed by atoms with Gasteiger partial charge >= 0.3 is 0 Å². The molecular weight excluding hydrogens is 412 g/mol. The lowest BCUT2D eigenvalue weighted by Crippen LogP contribution is -2.20. The van der Waals surface area contributed by atoms with Crippen molar-refractivity contribution in [3.8, 4) is 11.5 Å². The van der Waals surface area contributed by atoms with E-state index < -0.39 is 0 Å². The van der Waals surface area contributed by atoms with Gasteiger partial charge in [0, 0.05) is 23.1 Å². The SMILES string of the molecule is CCCCc1ccc(Cc2cnc(NC(=O)COc3cc(C=O)ccc3OC)s2)cc1. The maximum atomic E-state index is 12.3. The molecule has 0 saturated heterocycles. The molecule has 1 N–H and O–H groups in total. The molecule has 31 heavy (non-hydrogen) atoms. The molecule has 1 heterocycles. The minimum absolute atomic E-state index is 0.215. The maximum absolute atomic E-state index is 12.3. The van der Waals surface area contributed by atoms with Crippen LogP contribution in [-0.2, 0) is 17.6 Å². The molecule has 0 aliphatic heterocycles. The van der Waals surface area contributed by atoms with Crippen LogP contribution in [0.15, 0.2) is 48.7 Å². The quantitative estimate of drug-likeness (QED) is 0.430. The molecule has 1 aromatic heterocycles. The maximum Gasteiger partial charge on any atom is 0.264 e. The average molecular weight is 439 g/mol. The first-order valence-corrected chi connectivity index (χ1v) is 11.0. The van der Waals surface area contributed by atoms with Gasteiger partial charge in [0.15, 0.2) is 23.2 Å². The third-order valence-electron chi connectivity index (χ3n) is 4.70. The number of amides is 1. The van der Waals surface area contributed by atoms with Crippen LogP contribution in [0.2, 0.25) is 0 Å². The summed E-state index contributed by atoms with van der Waals surface area (Å²) in [7, 11) is 1.50. The molecule has 0 unspecified atom stereocenters. The lowest BCUT2D eigenvalue weighted by Gasteiger charge is -2.10. The van der Waals surface area contributed by atoms with Gasteiger partial charge in [0.1, 0.15) is 6.29 Å². The number of rotatable bonds is 11. The molecule has 0 fully saturated rings. The monoisotopic (exact) mass is 438 g/mol. The van der Waals surface area contributed by atoms with Crippen LogP contribution in [0.5, 0.6) is 11.5 Å². The number of aromatic nitrogens is 1. The van der Waals surface area contributed by atoms with Gasteiger partial charge in [-0.05, 0) is 42.2 Å². The Morgan fingerprint density at radius 3 is 2.61 bits per heavy atom. The Bertz CT molecular complexity index is 1010. The zero-order valence-corrected chi connectivity index (χ0v) is 18.5. The Balaban J connectivity index is 1.52. The number of nitrogens with zero attached hydrogens (tertiary/aromatic N) is 1. The number of hydrogen-bond acceptors (Lipinski definition) is 6. The van der Waals surface area contributed by atoms with E-state index in [0.717, 1.165) is 17.7 Å². The van der Waals surface area contributed by atoms with Gasteiger partial charge in [0.05, 0.1) is 7.11 Å². The summed E-state index contributed by atoms with van der Waals surface area (Å²) in [5, 5.41) is 3.27. The number of nitrogens with one attached hydrogen (secondary N) is 1. The highest BCUT2D eigenvalue weighted by molar-refractivity contribution is 7.15. The van der Waals surface area contributed by atoms with Gasteiger partial charge < -0.3 is 9.47 Å². The number of methoxy groups -OCH3 is 1. The minimum atomic E-state index is -0.334. The molecule has 0 saturated carbocycles. The molecule has 162 valence electrons. The highest BCUT2D eigenvalue weighted by Gasteiger charge is 2.11. The minimum Gasteiger partial charge on any atom is -0.493 e. The number of anilines is 1. The van der Waals surface area contributed by atoms with Gasteiger partial charge in [-0.1, -0.05) is 37.6 Å². The van der Waals surface area contributed by atoms with E-state index in [1.54, 1.807) is 18.3 Å². The number of unbranched alkanes of at least 4 members (excludes halogenated alkanes) is 1. The van der Waals surface area contributed by atoms with Crippen molar-refractivity contribution in [3.63, 3.8) is 0 Å². The summed E-state index contributed by atoms with van der Waals surface area (Å²) in [5.41, 5.74) is 3.02. The first-order chi connectivity index (χ1) is 15.1. The molecule has 0 aliphatic rings. The van der Waals surface area contributed by atoms with E-state index >= 15 is 0 Å². The Kier molecular flexibility index (Phi) is 8.18. The Morgan fingerprint density at radius 2 is 1.90 bits per heavy atom. The summed E-state index contributed by atoms with van der Waals surface area (Å²) in [6.07, 6.45) is 6.77. The van der Waals surface area contributed by atoms with E-state index in [1.807, 2.05) is 0 Å². The first-order valence-electron chi connectivity index (χ1n) is 10.2. The normalized spacial score (nSPS) is 10.5. The van der Waals surface area contributed by atoms with E-state index in [9.17, 15) is 9.59 Å². The predicted molar refractivity (Wildman–Crippen MR) is 122 cm³/mol. The second-order valence-corrected chi connectivity index (χ2v) is 8.21. The third kappa shape index (κ3) is 6.65. The van der Waals surface area contributed by atoms with Crippen molar-refractivity contribution in [3.05, 3.63) is 70.2 Å². The summed E-state index contributed by atoms with van der Waals surface area (Å²) < 4.78 is 10.7. The number of aldehydes is 1. The van der Waals surface area contributed by atoms with Crippen LogP contribution >= 0.6 is 11.3 Å². The number of aryl methyl sites for hydroxylation is 1.